The van der Waals surface area contributed by atoms with Gasteiger partial charge in [-0.3, -0.25) is 0 Å². The van der Waals surface area contributed by atoms with E-state index in [0.717, 1.165) is 37.2 Å². The highest BCUT2D eigenvalue weighted by Gasteiger charge is 2.14. The van der Waals surface area contributed by atoms with E-state index in [2.05, 4.69) is 25.2 Å². The van der Waals surface area contributed by atoms with Crippen LogP contribution in [0, 0.1) is 13.8 Å². The molecular weight excluding hydrogens is 264 g/mol. The van der Waals surface area contributed by atoms with Crippen LogP contribution in [0.5, 0.6) is 5.75 Å². The van der Waals surface area contributed by atoms with Gasteiger partial charge in [0.05, 0.1) is 6.54 Å². The number of ether oxygens (including phenoxy) is 1. The van der Waals surface area contributed by atoms with Gasteiger partial charge in [-0.1, -0.05) is 25.0 Å². The smallest absolute Gasteiger partial charge is 0.317 e. The van der Waals surface area contributed by atoms with E-state index in [-0.39, 0.29) is 6.03 Å². The molecule has 1 aromatic carbocycles. The maximum Gasteiger partial charge on any atom is 0.317 e. The van der Waals surface area contributed by atoms with Gasteiger partial charge in [0.2, 0.25) is 0 Å². The summed E-state index contributed by atoms with van der Waals surface area (Å²) in [6.45, 7) is 6.93. The van der Waals surface area contributed by atoms with Crippen molar-refractivity contribution in [2.75, 3.05) is 26.2 Å². The minimum atomic E-state index is 0.0430. The summed E-state index contributed by atoms with van der Waals surface area (Å²) in [5.41, 5.74) is 2.39. The highest BCUT2D eigenvalue weighted by Crippen LogP contribution is 2.20. The third-order valence-electron chi connectivity index (χ3n) is 4.08. The summed E-state index contributed by atoms with van der Waals surface area (Å²) in [6.07, 6.45) is 4.71. The molecule has 4 nitrogen and oxygen atoms in total. The number of urea groups is 1. The van der Waals surface area contributed by atoms with Crippen LogP contribution in [0.3, 0.4) is 0 Å². The zero-order valence-corrected chi connectivity index (χ0v) is 13.2. The zero-order chi connectivity index (χ0) is 15.1. The second kappa shape index (κ2) is 7.91. The Balaban J connectivity index is 1.71. The first-order chi connectivity index (χ1) is 10.2. The number of rotatable bonds is 4. The van der Waals surface area contributed by atoms with Crippen LogP contribution < -0.4 is 10.1 Å². The Labute approximate surface area is 127 Å². The Morgan fingerprint density at radius 3 is 2.62 bits per heavy atom. The summed E-state index contributed by atoms with van der Waals surface area (Å²) in [4.78, 5) is 14.0. The highest BCUT2D eigenvalue weighted by atomic mass is 16.5. The van der Waals surface area contributed by atoms with Crippen molar-refractivity contribution in [2.45, 2.75) is 39.5 Å². The molecule has 2 amide bonds. The van der Waals surface area contributed by atoms with Gasteiger partial charge in [-0.05, 0) is 43.9 Å². The molecule has 1 N–H and O–H groups in total. The summed E-state index contributed by atoms with van der Waals surface area (Å²) >= 11 is 0. The number of nitrogens with zero attached hydrogens (tertiary/aromatic N) is 1. The van der Waals surface area contributed by atoms with Crippen LogP contribution in [0.25, 0.3) is 0 Å². The van der Waals surface area contributed by atoms with Gasteiger partial charge in [-0.25, -0.2) is 4.79 Å². The van der Waals surface area contributed by atoms with Gasteiger partial charge in [0.1, 0.15) is 12.4 Å². The fourth-order valence-corrected chi connectivity index (χ4v) is 2.59. The number of carbonyl (C=O) groups is 1. The van der Waals surface area contributed by atoms with Crippen LogP contribution >= 0.6 is 0 Å². The number of aryl methyl sites for hydroxylation is 1. The molecule has 0 aromatic heterocycles. The molecule has 0 bridgehead atoms. The molecule has 0 spiro atoms. The van der Waals surface area contributed by atoms with E-state index in [0.29, 0.717) is 13.2 Å². The van der Waals surface area contributed by atoms with E-state index in [1.165, 1.54) is 18.4 Å². The molecule has 1 aromatic rings. The number of nitrogens with one attached hydrogen (secondary N) is 1. The van der Waals surface area contributed by atoms with Gasteiger partial charge < -0.3 is 15.0 Å². The molecule has 4 heteroatoms. The summed E-state index contributed by atoms with van der Waals surface area (Å²) in [5.74, 6) is 0.902. The number of likely N-dealkylation sites (tertiary alicyclic amines) is 1. The Morgan fingerprint density at radius 1 is 1.19 bits per heavy atom. The molecule has 1 aliphatic heterocycles. The van der Waals surface area contributed by atoms with Crippen molar-refractivity contribution in [3.05, 3.63) is 29.3 Å². The van der Waals surface area contributed by atoms with Crippen molar-refractivity contribution in [3.63, 3.8) is 0 Å². The third-order valence-corrected chi connectivity index (χ3v) is 4.08. The van der Waals surface area contributed by atoms with Crippen LogP contribution in [-0.4, -0.2) is 37.2 Å². The summed E-state index contributed by atoms with van der Waals surface area (Å²) in [7, 11) is 0. The van der Waals surface area contributed by atoms with Gasteiger partial charge in [0, 0.05) is 13.1 Å². The number of hydrogen-bond acceptors (Lipinski definition) is 2. The second-order valence-corrected chi connectivity index (χ2v) is 5.68. The van der Waals surface area contributed by atoms with E-state index in [1.807, 2.05) is 17.0 Å². The van der Waals surface area contributed by atoms with E-state index in [9.17, 15) is 4.79 Å². The van der Waals surface area contributed by atoms with Crippen molar-refractivity contribution in [2.24, 2.45) is 0 Å². The lowest BCUT2D eigenvalue weighted by atomic mass is 10.1. The Morgan fingerprint density at radius 2 is 1.90 bits per heavy atom. The maximum absolute atomic E-state index is 12.0. The lowest BCUT2D eigenvalue weighted by Gasteiger charge is -2.21. The molecule has 0 atom stereocenters. The Hall–Kier alpha value is -1.71. The van der Waals surface area contributed by atoms with Gasteiger partial charge >= 0.3 is 6.03 Å². The molecule has 21 heavy (non-hydrogen) atoms. The lowest BCUT2D eigenvalue weighted by Crippen LogP contribution is -2.41. The molecule has 1 heterocycles. The average Bonchev–Trinajstić information content (AvgIpc) is 2.76. The first-order valence-corrected chi connectivity index (χ1v) is 7.90. The minimum Gasteiger partial charge on any atom is -0.491 e. The minimum absolute atomic E-state index is 0.0430. The van der Waals surface area contributed by atoms with Crippen molar-refractivity contribution >= 4 is 6.03 Å². The molecule has 0 unspecified atom stereocenters. The molecule has 1 fully saturated rings. The second-order valence-electron chi connectivity index (χ2n) is 5.68. The number of hydrogen-bond donors (Lipinski definition) is 1. The van der Waals surface area contributed by atoms with Gasteiger partial charge in [-0.2, -0.15) is 0 Å². The standard InChI is InChI=1S/C17H26N2O2/c1-14-8-7-9-16(15(14)2)21-13-10-18-17(20)19-11-5-3-4-6-12-19/h7-9H,3-6,10-13H2,1-2H3,(H,18,20). The molecule has 2 rings (SSSR count). The molecule has 1 saturated heterocycles. The Bertz CT molecular complexity index is 466. The van der Waals surface area contributed by atoms with Gasteiger partial charge in [-0.15, -0.1) is 0 Å². The highest BCUT2D eigenvalue weighted by molar-refractivity contribution is 5.74. The van der Waals surface area contributed by atoms with E-state index in [1.54, 1.807) is 0 Å². The largest absolute Gasteiger partial charge is 0.491 e. The average molecular weight is 290 g/mol. The van der Waals surface area contributed by atoms with Crippen molar-refractivity contribution in [1.82, 2.24) is 10.2 Å². The van der Waals surface area contributed by atoms with Crippen molar-refractivity contribution in [1.29, 1.82) is 0 Å². The van der Waals surface area contributed by atoms with Gasteiger partial charge in [0.25, 0.3) is 0 Å². The molecule has 0 aliphatic carbocycles. The van der Waals surface area contributed by atoms with Crippen LogP contribution in [0.2, 0.25) is 0 Å². The molecular formula is C17H26N2O2. The Kier molecular flexibility index (Phi) is 5.90. The van der Waals surface area contributed by atoms with Crippen LogP contribution in [0.4, 0.5) is 4.79 Å². The van der Waals surface area contributed by atoms with E-state index >= 15 is 0 Å². The van der Waals surface area contributed by atoms with Crippen molar-refractivity contribution in [3.8, 4) is 5.75 Å². The molecule has 1 aliphatic rings. The number of carbonyl (C=O) groups excluding carboxylic acids is 1. The summed E-state index contributed by atoms with van der Waals surface area (Å²) in [5, 5.41) is 2.95. The van der Waals surface area contributed by atoms with Crippen LogP contribution in [-0.2, 0) is 0 Å². The quantitative estimate of drug-likeness (QED) is 0.865. The molecule has 0 saturated carbocycles. The fraction of sp³-hybridized carbons (Fsp3) is 0.588. The fourth-order valence-electron chi connectivity index (χ4n) is 2.59. The topological polar surface area (TPSA) is 41.6 Å². The van der Waals surface area contributed by atoms with Crippen molar-refractivity contribution < 1.29 is 9.53 Å². The first-order valence-electron chi connectivity index (χ1n) is 7.90. The van der Waals surface area contributed by atoms with E-state index in [4.69, 9.17) is 4.74 Å². The SMILES string of the molecule is Cc1cccc(OCCNC(=O)N2CCCCCC2)c1C. The van der Waals surface area contributed by atoms with Gasteiger partial charge in [0.15, 0.2) is 0 Å². The first kappa shape index (κ1) is 15.7. The van der Waals surface area contributed by atoms with E-state index < -0.39 is 0 Å². The lowest BCUT2D eigenvalue weighted by molar-refractivity contribution is 0.196. The predicted molar refractivity (Wildman–Crippen MR) is 84.9 cm³/mol. The number of benzene rings is 1. The van der Waals surface area contributed by atoms with Crippen LogP contribution in [0.15, 0.2) is 18.2 Å². The summed E-state index contributed by atoms with van der Waals surface area (Å²) < 4.78 is 5.75. The van der Waals surface area contributed by atoms with Crippen LogP contribution in [0.1, 0.15) is 36.8 Å². The predicted octanol–water partition coefficient (Wildman–Crippen LogP) is 3.27. The molecule has 0 radical (unpaired) electrons. The zero-order valence-electron chi connectivity index (χ0n) is 13.2. The normalized spacial score (nSPS) is 15.4. The molecule has 116 valence electrons. The monoisotopic (exact) mass is 290 g/mol. The number of amides is 2. The third kappa shape index (κ3) is 4.66. The maximum atomic E-state index is 12.0. The summed E-state index contributed by atoms with van der Waals surface area (Å²) in [6, 6.07) is 6.08.